The summed E-state index contributed by atoms with van der Waals surface area (Å²) < 4.78 is 5.55. The van der Waals surface area contributed by atoms with E-state index in [1.165, 1.54) is 0 Å². The minimum Gasteiger partial charge on any atom is -0.380 e. The molecule has 2 N–H and O–H groups in total. The van der Waals surface area contributed by atoms with Crippen LogP contribution in [0.1, 0.15) is 33.6 Å². The predicted molar refractivity (Wildman–Crippen MR) is 66.0 cm³/mol. The molecule has 92 valence electrons. The number of nitrogens with two attached hydrogens (primary N) is 1. The van der Waals surface area contributed by atoms with Crippen LogP contribution in [0.25, 0.3) is 0 Å². The van der Waals surface area contributed by atoms with Gasteiger partial charge in [-0.3, -0.25) is 0 Å². The summed E-state index contributed by atoms with van der Waals surface area (Å²) in [5, 5.41) is 0. The van der Waals surface area contributed by atoms with Crippen molar-refractivity contribution >= 4 is 0 Å². The number of hydrogen-bond acceptors (Lipinski definition) is 3. The molecular weight excluding hydrogens is 188 g/mol. The van der Waals surface area contributed by atoms with Gasteiger partial charge in [0.1, 0.15) is 0 Å². The fraction of sp³-hybridized carbons (Fsp3) is 1.00. The second kappa shape index (κ2) is 9.13. The van der Waals surface area contributed by atoms with Crippen LogP contribution in [-0.2, 0) is 4.74 Å². The Hall–Kier alpha value is -0.120. The first-order valence-corrected chi connectivity index (χ1v) is 6.04. The molecule has 0 aliphatic rings. The Labute approximate surface area is 95.0 Å². The zero-order valence-corrected chi connectivity index (χ0v) is 10.8. The SMILES string of the molecule is CC(C)CCOCCN(C)CCC(C)N. The summed E-state index contributed by atoms with van der Waals surface area (Å²) >= 11 is 0. The van der Waals surface area contributed by atoms with E-state index in [4.69, 9.17) is 10.5 Å². The van der Waals surface area contributed by atoms with Crippen LogP contribution in [0.5, 0.6) is 0 Å². The van der Waals surface area contributed by atoms with E-state index in [1.807, 2.05) is 6.92 Å². The van der Waals surface area contributed by atoms with Crippen LogP contribution in [0.4, 0.5) is 0 Å². The lowest BCUT2D eigenvalue weighted by Gasteiger charge is -2.17. The Morgan fingerprint density at radius 2 is 1.73 bits per heavy atom. The third kappa shape index (κ3) is 11.8. The van der Waals surface area contributed by atoms with Crippen LogP contribution < -0.4 is 5.73 Å². The summed E-state index contributed by atoms with van der Waals surface area (Å²) in [6.45, 7) is 10.3. The zero-order chi connectivity index (χ0) is 11.7. The Balaban J connectivity index is 3.20. The average molecular weight is 216 g/mol. The Morgan fingerprint density at radius 1 is 1.07 bits per heavy atom. The van der Waals surface area contributed by atoms with E-state index in [-0.39, 0.29) is 0 Å². The summed E-state index contributed by atoms with van der Waals surface area (Å²) in [5.74, 6) is 0.737. The summed E-state index contributed by atoms with van der Waals surface area (Å²) in [5.41, 5.74) is 5.69. The monoisotopic (exact) mass is 216 g/mol. The van der Waals surface area contributed by atoms with Gasteiger partial charge in [0.2, 0.25) is 0 Å². The number of likely N-dealkylation sites (N-methyl/N-ethyl adjacent to an activating group) is 1. The van der Waals surface area contributed by atoms with Crippen molar-refractivity contribution in [3.63, 3.8) is 0 Å². The first kappa shape index (κ1) is 14.9. The molecule has 0 spiro atoms. The molecule has 0 bridgehead atoms. The third-order valence-corrected chi connectivity index (χ3v) is 2.42. The predicted octanol–water partition coefficient (Wildman–Crippen LogP) is 1.72. The highest BCUT2D eigenvalue weighted by atomic mass is 16.5. The van der Waals surface area contributed by atoms with Crippen molar-refractivity contribution in [2.75, 3.05) is 33.4 Å². The number of rotatable bonds is 9. The number of nitrogens with zero attached hydrogens (tertiary/aromatic N) is 1. The molecular formula is C12H28N2O. The van der Waals surface area contributed by atoms with Gasteiger partial charge >= 0.3 is 0 Å². The van der Waals surface area contributed by atoms with Crippen molar-refractivity contribution < 1.29 is 4.74 Å². The molecule has 0 amide bonds. The number of hydrogen-bond donors (Lipinski definition) is 1. The highest BCUT2D eigenvalue weighted by Gasteiger charge is 2.00. The lowest BCUT2D eigenvalue weighted by molar-refractivity contribution is 0.102. The number of ether oxygens (including phenoxy) is 1. The first-order valence-electron chi connectivity index (χ1n) is 6.04. The molecule has 0 aliphatic heterocycles. The lowest BCUT2D eigenvalue weighted by Crippen LogP contribution is -2.28. The van der Waals surface area contributed by atoms with Crippen molar-refractivity contribution in [1.29, 1.82) is 0 Å². The molecule has 0 saturated heterocycles. The summed E-state index contributed by atoms with van der Waals surface area (Å²) in [4.78, 5) is 2.28. The van der Waals surface area contributed by atoms with Gasteiger partial charge < -0.3 is 15.4 Å². The summed E-state index contributed by atoms with van der Waals surface area (Å²) in [7, 11) is 2.12. The normalized spacial score (nSPS) is 13.8. The van der Waals surface area contributed by atoms with Crippen LogP contribution >= 0.6 is 0 Å². The molecule has 15 heavy (non-hydrogen) atoms. The fourth-order valence-corrected chi connectivity index (χ4v) is 1.18. The van der Waals surface area contributed by atoms with Gasteiger partial charge in [-0.25, -0.2) is 0 Å². The van der Waals surface area contributed by atoms with Crippen LogP contribution in [0.3, 0.4) is 0 Å². The van der Waals surface area contributed by atoms with Crippen LogP contribution in [0.15, 0.2) is 0 Å². The molecule has 0 fully saturated rings. The van der Waals surface area contributed by atoms with Crippen molar-refractivity contribution in [3.05, 3.63) is 0 Å². The molecule has 0 aromatic rings. The van der Waals surface area contributed by atoms with Gasteiger partial charge in [0, 0.05) is 19.2 Å². The quantitative estimate of drug-likeness (QED) is 0.596. The van der Waals surface area contributed by atoms with Gasteiger partial charge in [-0.15, -0.1) is 0 Å². The lowest BCUT2D eigenvalue weighted by atomic mass is 10.1. The molecule has 1 unspecified atom stereocenters. The maximum absolute atomic E-state index is 5.69. The third-order valence-electron chi connectivity index (χ3n) is 2.42. The molecule has 0 aromatic carbocycles. The van der Waals surface area contributed by atoms with E-state index in [2.05, 4.69) is 25.8 Å². The largest absolute Gasteiger partial charge is 0.380 e. The van der Waals surface area contributed by atoms with Crippen LogP contribution in [-0.4, -0.2) is 44.3 Å². The Bertz CT molecular complexity index is 138. The standard InChI is InChI=1S/C12H28N2O/c1-11(2)6-9-15-10-8-14(4)7-5-12(3)13/h11-12H,5-10,13H2,1-4H3. The molecule has 0 radical (unpaired) electrons. The van der Waals surface area contributed by atoms with Gasteiger partial charge in [-0.2, -0.15) is 0 Å². The van der Waals surface area contributed by atoms with Crippen LogP contribution in [0.2, 0.25) is 0 Å². The van der Waals surface area contributed by atoms with Gasteiger partial charge in [0.15, 0.2) is 0 Å². The van der Waals surface area contributed by atoms with E-state index >= 15 is 0 Å². The van der Waals surface area contributed by atoms with E-state index in [0.29, 0.717) is 6.04 Å². The fourth-order valence-electron chi connectivity index (χ4n) is 1.18. The smallest absolute Gasteiger partial charge is 0.0593 e. The van der Waals surface area contributed by atoms with Crippen molar-refractivity contribution in [3.8, 4) is 0 Å². The summed E-state index contributed by atoms with van der Waals surface area (Å²) in [6, 6.07) is 0.300. The van der Waals surface area contributed by atoms with Gasteiger partial charge in [-0.1, -0.05) is 13.8 Å². The molecule has 3 nitrogen and oxygen atoms in total. The van der Waals surface area contributed by atoms with E-state index in [0.717, 1.165) is 45.1 Å². The van der Waals surface area contributed by atoms with Crippen molar-refractivity contribution in [2.45, 2.75) is 39.7 Å². The molecule has 1 atom stereocenters. The maximum atomic E-state index is 5.69. The minimum absolute atomic E-state index is 0.300. The molecule has 0 saturated carbocycles. The summed E-state index contributed by atoms with van der Waals surface area (Å²) in [6.07, 6.45) is 2.21. The van der Waals surface area contributed by atoms with Crippen LogP contribution in [0, 0.1) is 5.92 Å². The van der Waals surface area contributed by atoms with Crippen molar-refractivity contribution in [1.82, 2.24) is 4.90 Å². The highest BCUT2D eigenvalue weighted by molar-refractivity contribution is 4.57. The van der Waals surface area contributed by atoms with Gasteiger partial charge in [0.05, 0.1) is 6.61 Å². The molecule has 0 aliphatic carbocycles. The highest BCUT2D eigenvalue weighted by Crippen LogP contribution is 1.98. The Kier molecular flexibility index (Phi) is 9.06. The topological polar surface area (TPSA) is 38.5 Å². The van der Waals surface area contributed by atoms with Gasteiger partial charge in [0.25, 0.3) is 0 Å². The second-order valence-corrected chi connectivity index (χ2v) is 4.86. The maximum Gasteiger partial charge on any atom is 0.0593 e. The zero-order valence-electron chi connectivity index (χ0n) is 10.8. The first-order chi connectivity index (χ1) is 7.02. The Morgan fingerprint density at radius 3 is 2.27 bits per heavy atom. The van der Waals surface area contributed by atoms with Gasteiger partial charge in [-0.05, 0) is 39.3 Å². The molecule has 3 heteroatoms. The second-order valence-electron chi connectivity index (χ2n) is 4.86. The molecule has 0 aromatic heterocycles. The molecule has 0 heterocycles. The minimum atomic E-state index is 0.300. The van der Waals surface area contributed by atoms with E-state index in [9.17, 15) is 0 Å². The van der Waals surface area contributed by atoms with E-state index < -0.39 is 0 Å². The molecule has 0 rings (SSSR count). The van der Waals surface area contributed by atoms with E-state index in [1.54, 1.807) is 0 Å². The van der Waals surface area contributed by atoms with Crippen molar-refractivity contribution in [2.24, 2.45) is 11.7 Å². The average Bonchev–Trinajstić information content (AvgIpc) is 2.13.